The lowest BCUT2D eigenvalue weighted by molar-refractivity contribution is -0.133. The molecule has 1 unspecified atom stereocenters. The number of allylic oxidation sites excluding steroid dienone is 2. The highest BCUT2D eigenvalue weighted by Gasteiger charge is 2.51. The molecule has 3 heterocycles. The fourth-order valence-corrected chi connectivity index (χ4v) is 4.56. The molecular formula is C21H25BrN4O3. The summed E-state index contributed by atoms with van der Waals surface area (Å²) in [5.41, 5.74) is 2.45. The molecule has 0 saturated carbocycles. The second-order valence-electron chi connectivity index (χ2n) is 7.59. The largest absolute Gasteiger partial charge is 0.497 e. The Kier molecular flexibility index (Phi) is 5.06. The molecular weight excluding hydrogens is 436 g/mol. The van der Waals surface area contributed by atoms with E-state index in [2.05, 4.69) is 27.3 Å². The number of likely N-dealkylation sites (N-methyl/N-ethyl adjacent to an activating group) is 1. The number of halogens is 1. The lowest BCUT2D eigenvalue weighted by Crippen LogP contribution is -2.56. The predicted molar refractivity (Wildman–Crippen MR) is 113 cm³/mol. The summed E-state index contributed by atoms with van der Waals surface area (Å²) in [7, 11) is 1.64. The molecule has 0 radical (unpaired) electrons. The number of nitrogens with one attached hydrogen (secondary N) is 1. The average Bonchev–Trinajstić information content (AvgIpc) is 2.93. The van der Waals surface area contributed by atoms with Crippen molar-refractivity contribution in [2.75, 3.05) is 26.7 Å². The Morgan fingerprint density at radius 2 is 2.14 bits per heavy atom. The van der Waals surface area contributed by atoms with Crippen molar-refractivity contribution in [2.45, 2.75) is 32.5 Å². The van der Waals surface area contributed by atoms with Gasteiger partial charge in [-0.1, -0.05) is 6.07 Å². The van der Waals surface area contributed by atoms with Crippen LogP contribution in [0.2, 0.25) is 0 Å². The van der Waals surface area contributed by atoms with Gasteiger partial charge in [-0.15, -0.1) is 0 Å². The van der Waals surface area contributed by atoms with Crippen molar-refractivity contribution in [1.82, 2.24) is 20.0 Å². The maximum atomic E-state index is 13.2. The van der Waals surface area contributed by atoms with Crippen LogP contribution in [0.25, 0.3) is 0 Å². The first-order valence-electron chi connectivity index (χ1n) is 9.75. The number of urea groups is 1. The number of rotatable bonds is 4. The van der Waals surface area contributed by atoms with Gasteiger partial charge in [0.15, 0.2) is 5.66 Å². The van der Waals surface area contributed by atoms with Crippen LogP contribution in [0.4, 0.5) is 4.79 Å². The predicted octanol–water partition coefficient (Wildman–Crippen LogP) is 2.78. The topological polar surface area (TPSA) is 65.1 Å². The number of benzene rings is 1. The highest BCUT2D eigenvalue weighted by atomic mass is 79.9. The van der Waals surface area contributed by atoms with Gasteiger partial charge in [-0.2, -0.15) is 0 Å². The summed E-state index contributed by atoms with van der Waals surface area (Å²) in [5.74, 6) is 0.734. The van der Waals surface area contributed by atoms with Gasteiger partial charge in [-0.3, -0.25) is 14.6 Å². The first-order chi connectivity index (χ1) is 13.9. The van der Waals surface area contributed by atoms with Gasteiger partial charge in [-0.05, 0) is 65.5 Å². The summed E-state index contributed by atoms with van der Waals surface area (Å²) in [6.07, 6.45) is 4.55. The van der Waals surface area contributed by atoms with Crippen molar-refractivity contribution in [3.8, 4) is 5.75 Å². The van der Waals surface area contributed by atoms with Gasteiger partial charge < -0.3 is 15.0 Å². The highest BCUT2D eigenvalue weighted by molar-refractivity contribution is 9.11. The summed E-state index contributed by atoms with van der Waals surface area (Å²) >= 11 is 3.47. The number of ether oxygens (including phenoxy) is 1. The molecule has 154 valence electrons. The number of fused-ring (bicyclic) bond motifs is 2. The van der Waals surface area contributed by atoms with E-state index >= 15 is 0 Å². The van der Waals surface area contributed by atoms with Gasteiger partial charge in [-0.25, -0.2) is 4.79 Å². The fourth-order valence-electron chi connectivity index (χ4n) is 4.23. The Morgan fingerprint density at radius 3 is 2.86 bits per heavy atom. The molecule has 3 aliphatic rings. The van der Waals surface area contributed by atoms with Crippen LogP contribution in [-0.2, 0) is 17.8 Å². The molecule has 7 nitrogen and oxygen atoms in total. The van der Waals surface area contributed by atoms with Crippen molar-refractivity contribution in [3.05, 3.63) is 51.8 Å². The molecule has 0 bridgehead atoms. The Labute approximate surface area is 179 Å². The maximum absolute atomic E-state index is 13.2. The van der Waals surface area contributed by atoms with Crippen LogP contribution in [0.1, 0.15) is 25.0 Å². The minimum Gasteiger partial charge on any atom is -0.497 e. The highest BCUT2D eigenvalue weighted by Crippen LogP contribution is 2.38. The molecule has 3 amide bonds. The normalized spacial score (nSPS) is 23.2. The second kappa shape index (κ2) is 7.40. The van der Waals surface area contributed by atoms with Crippen LogP contribution in [0.5, 0.6) is 5.75 Å². The van der Waals surface area contributed by atoms with E-state index in [1.54, 1.807) is 16.9 Å². The van der Waals surface area contributed by atoms with Gasteiger partial charge in [0, 0.05) is 30.3 Å². The lowest BCUT2D eigenvalue weighted by Gasteiger charge is -2.38. The molecule has 29 heavy (non-hydrogen) atoms. The monoisotopic (exact) mass is 460 g/mol. The van der Waals surface area contributed by atoms with E-state index in [-0.39, 0.29) is 18.5 Å². The van der Waals surface area contributed by atoms with Gasteiger partial charge >= 0.3 is 6.03 Å². The third kappa shape index (κ3) is 3.29. The van der Waals surface area contributed by atoms with E-state index in [1.807, 2.05) is 43.2 Å². The van der Waals surface area contributed by atoms with E-state index in [1.165, 1.54) is 5.56 Å². The molecule has 0 aliphatic carbocycles. The third-order valence-corrected chi connectivity index (χ3v) is 6.40. The summed E-state index contributed by atoms with van der Waals surface area (Å²) in [6.45, 7) is 5.63. The van der Waals surface area contributed by atoms with Crippen LogP contribution in [-0.4, -0.2) is 59.0 Å². The van der Waals surface area contributed by atoms with Crippen molar-refractivity contribution in [2.24, 2.45) is 0 Å². The van der Waals surface area contributed by atoms with Crippen molar-refractivity contribution < 1.29 is 14.3 Å². The van der Waals surface area contributed by atoms with Crippen molar-refractivity contribution >= 4 is 27.9 Å². The molecule has 3 aliphatic heterocycles. The fraction of sp³-hybridized carbons (Fsp3) is 0.429. The maximum Gasteiger partial charge on any atom is 0.327 e. The third-order valence-electron chi connectivity index (χ3n) is 5.94. The Balaban J connectivity index is 1.54. The van der Waals surface area contributed by atoms with Crippen LogP contribution in [0.3, 0.4) is 0 Å². The molecule has 8 heteroatoms. The van der Waals surface area contributed by atoms with Crippen LogP contribution in [0, 0.1) is 0 Å². The van der Waals surface area contributed by atoms with Crippen LogP contribution >= 0.6 is 15.9 Å². The summed E-state index contributed by atoms with van der Waals surface area (Å²) in [6, 6.07) is 5.85. The van der Waals surface area contributed by atoms with E-state index in [0.29, 0.717) is 19.6 Å². The SMILES string of the molecule is CCN1C(=O)N(CC(=O)N2CCc3ccc(OC)cc3C2)C2(C)NC=C(Br)C=C12. The van der Waals surface area contributed by atoms with Gasteiger partial charge in [0.05, 0.1) is 12.8 Å². The van der Waals surface area contributed by atoms with Crippen molar-refractivity contribution in [1.29, 1.82) is 0 Å². The Bertz CT molecular complexity index is 929. The van der Waals surface area contributed by atoms with E-state index in [4.69, 9.17) is 4.74 Å². The zero-order chi connectivity index (χ0) is 20.8. The average molecular weight is 461 g/mol. The molecule has 1 saturated heterocycles. The Morgan fingerprint density at radius 1 is 1.34 bits per heavy atom. The number of methoxy groups -OCH3 is 1. The molecule has 0 aromatic heterocycles. The van der Waals surface area contributed by atoms with Gasteiger partial charge in [0.1, 0.15) is 12.3 Å². The lowest BCUT2D eigenvalue weighted by atomic mass is 9.99. The first kappa shape index (κ1) is 19.8. The standard InChI is InChI=1S/C21H25BrN4O3/c1-4-25-18-10-16(22)11-23-21(18,2)26(20(25)28)13-19(27)24-8-7-14-5-6-17(29-3)9-15(14)12-24/h5-6,9-11,23H,4,7-8,12-13H2,1-3H3. The van der Waals surface area contributed by atoms with Crippen molar-refractivity contribution in [3.63, 3.8) is 0 Å². The van der Waals surface area contributed by atoms with E-state index in [9.17, 15) is 9.59 Å². The molecule has 1 fully saturated rings. The van der Waals surface area contributed by atoms with E-state index < -0.39 is 5.66 Å². The smallest absolute Gasteiger partial charge is 0.327 e. The molecule has 4 rings (SSSR count). The number of nitrogens with zero attached hydrogens (tertiary/aromatic N) is 3. The number of amides is 3. The van der Waals surface area contributed by atoms with E-state index in [0.717, 1.165) is 27.9 Å². The molecule has 0 spiro atoms. The zero-order valence-corrected chi connectivity index (χ0v) is 18.5. The second-order valence-corrected chi connectivity index (χ2v) is 8.50. The molecule has 1 aromatic carbocycles. The zero-order valence-electron chi connectivity index (χ0n) is 16.9. The molecule has 1 N–H and O–H groups in total. The number of hydrogen-bond acceptors (Lipinski definition) is 4. The number of dihydropyridines is 1. The molecule has 1 atom stereocenters. The van der Waals surface area contributed by atoms with Gasteiger partial charge in [0.25, 0.3) is 0 Å². The Hall–Kier alpha value is -2.48. The number of hydrogen-bond donors (Lipinski definition) is 1. The quantitative estimate of drug-likeness (QED) is 0.749. The first-order valence-corrected chi connectivity index (χ1v) is 10.5. The summed E-state index contributed by atoms with van der Waals surface area (Å²) < 4.78 is 6.18. The number of carbonyl (C=O) groups excluding carboxylic acids is 2. The minimum atomic E-state index is -0.739. The number of carbonyl (C=O) groups is 2. The minimum absolute atomic E-state index is 0.0287. The molecule has 1 aromatic rings. The summed E-state index contributed by atoms with van der Waals surface area (Å²) in [5, 5.41) is 3.29. The summed E-state index contributed by atoms with van der Waals surface area (Å²) in [4.78, 5) is 31.4. The van der Waals surface area contributed by atoms with Gasteiger partial charge in [0.2, 0.25) is 5.91 Å². The van der Waals surface area contributed by atoms with Crippen LogP contribution in [0.15, 0.2) is 40.7 Å². The van der Waals surface area contributed by atoms with Crippen LogP contribution < -0.4 is 10.1 Å².